The molecule has 1 aromatic heterocycles. The van der Waals surface area contributed by atoms with Crippen molar-refractivity contribution in [3.05, 3.63) is 40.5 Å². The van der Waals surface area contributed by atoms with Crippen molar-refractivity contribution in [3.8, 4) is 0 Å². The molecule has 1 saturated heterocycles. The number of nitrogens with zero attached hydrogens (tertiary/aromatic N) is 3. The van der Waals surface area contributed by atoms with Crippen LogP contribution in [0, 0.1) is 11.8 Å². The molecular weight excluding hydrogens is 432 g/mol. The predicted molar refractivity (Wildman–Crippen MR) is 122 cm³/mol. The number of fused-ring (bicyclic) bond motifs is 2. The Morgan fingerprint density at radius 3 is 2.55 bits per heavy atom. The van der Waals surface area contributed by atoms with Crippen molar-refractivity contribution in [1.29, 1.82) is 0 Å². The van der Waals surface area contributed by atoms with Gasteiger partial charge >= 0.3 is 0 Å². The van der Waals surface area contributed by atoms with E-state index in [2.05, 4.69) is 22.3 Å². The maximum atomic E-state index is 12.8. The third kappa shape index (κ3) is 3.36. The second kappa shape index (κ2) is 7.42. The molecule has 2 unspecified atom stereocenters. The van der Waals surface area contributed by atoms with Crippen molar-refractivity contribution < 1.29 is 9.32 Å². The molecule has 4 aliphatic rings. The van der Waals surface area contributed by atoms with Crippen LogP contribution in [0.5, 0.6) is 0 Å². The summed E-state index contributed by atoms with van der Waals surface area (Å²) in [5.41, 5.74) is 1.96. The Balaban J connectivity index is 1.26. The lowest BCUT2D eigenvalue weighted by atomic mass is 9.77. The summed E-state index contributed by atoms with van der Waals surface area (Å²) in [6, 6.07) is 8.25. The fourth-order valence-corrected chi connectivity index (χ4v) is 7.10. The first-order chi connectivity index (χ1) is 15.1. The molecule has 6 rings (SSSR count). The molecule has 2 aromatic rings. The molecule has 2 aliphatic carbocycles. The highest BCUT2D eigenvalue weighted by Gasteiger charge is 2.56. The maximum Gasteiger partial charge on any atom is 0.227 e. The van der Waals surface area contributed by atoms with Crippen LogP contribution >= 0.6 is 11.6 Å². The summed E-state index contributed by atoms with van der Waals surface area (Å²) in [6.45, 7) is 1.97. The van der Waals surface area contributed by atoms with Crippen LogP contribution in [0.2, 0.25) is 5.02 Å². The molecule has 2 aliphatic heterocycles. The molecular formula is C23H27ClN4O2S. The van der Waals surface area contributed by atoms with Gasteiger partial charge in [0.15, 0.2) is 0 Å². The minimum Gasteiger partial charge on any atom is -0.394 e. The average molecular weight is 459 g/mol. The Labute approximate surface area is 189 Å². The first-order valence-corrected chi connectivity index (χ1v) is 13.0. The molecule has 1 aromatic carbocycles. The zero-order valence-electron chi connectivity index (χ0n) is 17.4. The van der Waals surface area contributed by atoms with Crippen LogP contribution in [0.3, 0.4) is 0 Å². The lowest BCUT2D eigenvalue weighted by Gasteiger charge is -2.42. The number of halogens is 1. The van der Waals surface area contributed by atoms with E-state index in [1.165, 1.54) is 5.56 Å². The number of rotatable bonds is 5. The lowest BCUT2D eigenvalue weighted by molar-refractivity contribution is 0.143. The van der Waals surface area contributed by atoms with Gasteiger partial charge in [-0.2, -0.15) is 4.98 Å². The Morgan fingerprint density at radius 2 is 1.90 bits per heavy atom. The SMILES string of the molecule is O=[S@]1CCCc2nc(N3CC4C(C3)C4c3ccc(Cl)cc3)nc(NC3(CO)CCC3)c21. The van der Waals surface area contributed by atoms with Crippen LogP contribution in [-0.2, 0) is 17.2 Å². The zero-order valence-corrected chi connectivity index (χ0v) is 19.0. The Bertz CT molecular complexity index is 1030. The van der Waals surface area contributed by atoms with E-state index in [9.17, 15) is 9.32 Å². The molecule has 3 fully saturated rings. The van der Waals surface area contributed by atoms with Gasteiger partial charge in [-0.3, -0.25) is 4.21 Å². The van der Waals surface area contributed by atoms with E-state index in [4.69, 9.17) is 21.6 Å². The number of benzene rings is 1. The molecule has 2 saturated carbocycles. The number of nitrogens with one attached hydrogen (secondary N) is 1. The minimum absolute atomic E-state index is 0.0738. The third-order valence-corrected chi connectivity index (χ3v) is 9.42. The number of aliphatic hydroxyl groups is 1. The number of hydrogen-bond donors (Lipinski definition) is 2. The molecule has 6 nitrogen and oxygen atoms in total. The van der Waals surface area contributed by atoms with Crippen LogP contribution in [-0.4, -0.2) is 50.3 Å². The second-order valence-corrected chi connectivity index (χ2v) is 11.5. The highest BCUT2D eigenvalue weighted by Crippen LogP contribution is 2.58. The fraction of sp³-hybridized carbons (Fsp3) is 0.565. The summed E-state index contributed by atoms with van der Waals surface area (Å²) in [7, 11) is -1.08. The van der Waals surface area contributed by atoms with E-state index in [1.807, 2.05) is 12.1 Å². The van der Waals surface area contributed by atoms with E-state index in [0.29, 0.717) is 29.3 Å². The Hall–Kier alpha value is -1.70. The quantitative estimate of drug-likeness (QED) is 0.715. The highest BCUT2D eigenvalue weighted by molar-refractivity contribution is 7.85. The van der Waals surface area contributed by atoms with Gasteiger partial charge in [-0.25, -0.2) is 4.98 Å². The van der Waals surface area contributed by atoms with Gasteiger partial charge in [0.05, 0.1) is 28.6 Å². The molecule has 0 radical (unpaired) electrons. The summed E-state index contributed by atoms with van der Waals surface area (Å²) in [6.07, 6.45) is 4.66. The molecule has 8 heteroatoms. The van der Waals surface area contributed by atoms with Gasteiger partial charge in [-0.05, 0) is 67.6 Å². The highest BCUT2D eigenvalue weighted by atomic mass is 35.5. The molecule has 2 N–H and O–H groups in total. The lowest BCUT2D eigenvalue weighted by Crippen LogP contribution is -2.49. The van der Waals surface area contributed by atoms with Gasteiger partial charge in [0.2, 0.25) is 5.95 Å². The van der Waals surface area contributed by atoms with E-state index >= 15 is 0 Å². The first-order valence-electron chi connectivity index (χ1n) is 11.3. The molecule has 0 spiro atoms. The zero-order chi connectivity index (χ0) is 21.2. The summed E-state index contributed by atoms with van der Waals surface area (Å²) in [5, 5.41) is 14.2. The van der Waals surface area contributed by atoms with Crippen LogP contribution in [0.25, 0.3) is 0 Å². The smallest absolute Gasteiger partial charge is 0.227 e. The van der Waals surface area contributed by atoms with Crippen LogP contribution < -0.4 is 10.2 Å². The van der Waals surface area contributed by atoms with Crippen LogP contribution in [0.1, 0.15) is 42.9 Å². The topological polar surface area (TPSA) is 78.4 Å². The van der Waals surface area contributed by atoms with Gasteiger partial charge in [0.25, 0.3) is 0 Å². The van der Waals surface area contributed by atoms with Crippen LogP contribution in [0.4, 0.5) is 11.8 Å². The summed E-state index contributed by atoms with van der Waals surface area (Å²) in [5.74, 6) is 3.94. The summed E-state index contributed by atoms with van der Waals surface area (Å²) >= 11 is 6.05. The van der Waals surface area contributed by atoms with Crippen molar-refractivity contribution in [3.63, 3.8) is 0 Å². The number of anilines is 2. The largest absolute Gasteiger partial charge is 0.394 e. The summed E-state index contributed by atoms with van der Waals surface area (Å²) in [4.78, 5) is 12.8. The molecule has 164 valence electrons. The molecule has 0 amide bonds. The van der Waals surface area contributed by atoms with Crippen LogP contribution in [0.15, 0.2) is 29.2 Å². The van der Waals surface area contributed by atoms with E-state index in [0.717, 1.165) is 66.8 Å². The molecule has 31 heavy (non-hydrogen) atoms. The van der Waals surface area contributed by atoms with Gasteiger partial charge in [-0.1, -0.05) is 23.7 Å². The first kappa shape index (κ1) is 19.9. The van der Waals surface area contributed by atoms with E-state index in [-0.39, 0.29) is 12.1 Å². The van der Waals surface area contributed by atoms with Gasteiger partial charge < -0.3 is 15.3 Å². The fourth-order valence-electron chi connectivity index (χ4n) is 5.64. The number of aromatic nitrogens is 2. The van der Waals surface area contributed by atoms with E-state index < -0.39 is 10.8 Å². The summed E-state index contributed by atoms with van der Waals surface area (Å²) < 4.78 is 12.8. The second-order valence-electron chi connectivity index (χ2n) is 9.53. The third-order valence-electron chi connectivity index (χ3n) is 7.62. The van der Waals surface area contributed by atoms with Gasteiger partial charge in [-0.15, -0.1) is 0 Å². The number of aliphatic hydroxyl groups excluding tert-OH is 1. The van der Waals surface area contributed by atoms with E-state index in [1.54, 1.807) is 0 Å². The number of hydrogen-bond acceptors (Lipinski definition) is 6. The Morgan fingerprint density at radius 1 is 1.16 bits per heavy atom. The van der Waals surface area contributed by atoms with Crippen molar-refractivity contribution in [2.45, 2.75) is 48.5 Å². The van der Waals surface area contributed by atoms with Crippen molar-refractivity contribution in [1.82, 2.24) is 9.97 Å². The minimum atomic E-state index is -1.08. The Kier molecular flexibility index (Phi) is 4.78. The molecule has 3 atom stereocenters. The predicted octanol–water partition coefficient (Wildman–Crippen LogP) is 3.36. The van der Waals surface area contributed by atoms with Crippen molar-refractivity contribution in [2.24, 2.45) is 11.8 Å². The normalized spacial score (nSPS) is 30.3. The number of aryl methyl sites for hydroxylation is 1. The monoisotopic (exact) mass is 458 g/mol. The van der Waals surface area contributed by atoms with Crippen molar-refractivity contribution in [2.75, 3.05) is 35.7 Å². The molecule has 3 heterocycles. The number of piperidine rings is 1. The van der Waals surface area contributed by atoms with Gasteiger partial charge in [0.1, 0.15) is 10.7 Å². The van der Waals surface area contributed by atoms with Gasteiger partial charge in [0, 0.05) is 23.9 Å². The van der Waals surface area contributed by atoms with Crippen molar-refractivity contribution >= 4 is 34.2 Å². The standard InChI is InChI=1S/C23H27ClN4O2S/c24-15-6-4-14(5-7-15)19-16-11-28(12-17(16)19)22-25-18-3-1-10-31(30)20(18)21(26-22)27-23(13-29)8-2-9-23/h4-7,16-17,19,29H,1-3,8-13H2,(H,25,26,27)/t16?,17?,19?,31-/m0/s1. The maximum absolute atomic E-state index is 12.8. The average Bonchev–Trinajstić information content (AvgIpc) is 3.23. The molecule has 0 bridgehead atoms.